The number of thiophene rings is 1. The van der Waals surface area contributed by atoms with Crippen LogP contribution < -0.4 is 10.2 Å². The zero-order valence-corrected chi connectivity index (χ0v) is 16.4. The predicted octanol–water partition coefficient (Wildman–Crippen LogP) is 5.33. The Labute approximate surface area is 165 Å². The van der Waals surface area contributed by atoms with E-state index >= 15 is 0 Å². The molecule has 134 valence electrons. The SMILES string of the molecule is COc1c(Cl)cc(Cl)cc1/C=N\Nc1ncnc2sc3c(c12)CCCC3. The molecule has 1 aromatic carbocycles. The lowest BCUT2D eigenvalue weighted by Gasteiger charge is -2.11. The van der Waals surface area contributed by atoms with Gasteiger partial charge in [-0.1, -0.05) is 23.2 Å². The molecule has 0 atom stereocenters. The van der Waals surface area contributed by atoms with Gasteiger partial charge in [0.1, 0.15) is 16.9 Å². The predicted molar refractivity (Wildman–Crippen MR) is 108 cm³/mol. The van der Waals surface area contributed by atoms with Crippen LogP contribution in [0.5, 0.6) is 5.75 Å². The fraction of sp³-hybridized carbons (Fsp3) is 0.278. The average Bonchev–Trinajstić information content (AvgIpc) is 3.01. The molecule has 5 nitrogen and oxygen atoms in total. The Hall–Kier alpha value is -1.89. The van der Waals surface area contributed by atoms with E-state index in [4.69, 9.17) is 27.9 Å². The summed E-state index contributed by atoms with van der Waals surface area (Å²) in [6.45, 7) is 0. The van der Waals surface area contributed by atoms with Crippen molar-refractivity contribution >= 4 is 56.8 Å². The molecule has 1 aliphatic carbocycles. The van der Waals surface area contributed by atoms with Crippen LogP contribution in [0.15, 0.2) is 23.6 Å². The van der Waals surface area contributed by atoms with Crippen molar-refractivity contribution in [1.82, 2.24) is 9.97 Å². The molecule has 1 N–H and O–H groups in total. The van der Waals surface area contributed by atoms with Gasteiger partial charge in [0, 0.05) is 15.5 Å². The van der Waals surface area contributed by atoms with Gasteiger partial charge in [0.15, 0.2) is 5.82 Å². The van der Waals surface area contributed by atoms with Crippen molar-refractivity contribution in [2.24, 2.45) is 5.10 Å². The quantitative estimate of drug-likeness (QED) is 0.469. The van der Waals surface area contributed by atoms with Crippen LogP contribution in [0.1, 0.15) is 28.8 Å². The first-order valence-electron chi connectivity index (χ1n) is 8.24. The molecule has 0 fully saturated rings. The molecule has 2 heterocycles. The van der Waals surface area contributed by atoms with Gasteiger partial charge in [0.25, 0.3) is 0 Å². The van der Waals surface area contributed by atoms with E-state index in [0.29, 0.717) is 21.4 Å². The van der Waals surface area contributed by atoms with Gasteiger partial charge in [-0.3, -0.25) is 5.43 Å². The number of halogens is 2. The van der Waals surface area contributed by atoms with Gasteiger partial charge in [-0.2, -0.15) is 5.10 Å². The highest BCUT2D eigenvalue weighted by Gasteiger charge is 2.19. The Morgan fingerprint density at radius 1 is 1.23 bits per heavy atom. The maximum atomic E-state index is 6.16. The molecule has 1 aliphatic rings. The number of ether oxygens (including phenoxy) is 1. The van der Waals surface area contributed by atoms with Crippen LogP contribution in [0.25, 0.3) is 10.2 Å². The van der Waals surface area contributed by atoms with Gasteiger partial charge in [0.05, 0.1) is 23.7 Å². The van der Waals surface area contributed by atoms with Crippen molar-refractivity contribution < 1.29 is 4.74 Å². The van der Waals surface area contributed by atoms with E-state index in [-0.39, 0.29) is 0 Å². The summed E-state index contributed by atoms with van der Waals surface area (Å²) >= 11 is 14.0. The van der Waals surface area contributed by atoms with Crippen LogP contribution in [0, 0.1) is 0 Å². The number of hydrazone groups is 1. The van der Waals surface area contributed by atoms with E-state index in [0.717, 1.165) is 28.9 Å². The third kappa shape index (κ3) is 3.24. The lowest BCUT2D eigenvalue weighted by Crippen LogP contribution is -2.01. The van der Waals surface area contributed by atoms with Crippen LogP contribution in [-0.2, 0) is 12.8 Å². The van der Waals surface area contributed by atoms with Gasteiger partial charge in [-0.15, -0.1) is 11.3 Å². The zero-order chi connectivity index (χ0) is 18.1. The van der Waals surface area contributed by atoms with Crippen molar-refractivity contribution in [3.05, 3.63) is 44.5 Å². The third-order valence-corrected chi connectivity index (χ3v) is 6.07. The zero-order valence-electron chi connectivity index (χ0n) is 14.1. The molecule has 26 heavy (non-hydrogen) atoms. The molecule has 8 heteroatoms. The highest BCUT2D eigenvalue weighted by Crippen LogP contribution is 2.38. The van der Waals surface area contributed by atoms with Gasteiger partial charge >= 0.3 is 0 Å². The van der Waals surface area contributed by atoms with Crippen molar-refractivity contribution in [2.45, 2.75) is 25.7 Å². The number of methoxy groups -OCH3 is 1. The number of anilines is 1. The summed E-state index contributed by atoms with van der Waals surface area (Å²) in [5.74, 6) is 1.25. The summed E-state index contributed by atoms with van der Waals surface area (Å²) in [7, 11) is 1.56. The summed E-state index contributed by atoms with van der Waals surface area (Å²) in [4.78, 5) is 11.2. The standard InChI is InChI=1S/C18H16Cl2N4OS/c1-25-16-10(6-11(19)7-13(16)20)8-23-24-17-15-12-4-2-3-5-14(12)26-18(15)22-9-21-17/h6-9H,2-5H2,1H3,(H,21,22,24)/b23-8-. The molecule has 0 spiro atoms. The molecule has 3 aromatic rings. The Bertz CT molecular complexity index is 1000. The normalized spacial score (nSPS) is 14.0. The lowest BCUT2D eigenvalue weighted by atomic mass is 9.97. The fourth-order valence-corrected chi connectivity index (χ4v) is 5.04. The maximum Gasteiger partial charge on any atom is 0.158 e. The largest absolute Gasteiger partial charge is 0.495 e. The van der Waals surface area contributed by atoms with E-state index in [1.54, 1.807) is 43.1 Å². The van der Waals surface area contributed by atoms with Crippen LogP contribution in [0.2, 0.25) is 10.0 Å². The second kappa shape index (κ2) is 7.39. The van der Waals surface area contributed by atoms with Crippen molar-refractivity contribution in [1.29, 1.82) is 0 Å². The topological polar surface area (TPSA) is 59.4 Å². The number of hydrogen-bond acceptors (Lipinski definition) is 6. The molecule has 0 amide bonds. The molecule has 0 radical (unpaired) electrons. The first-order valence-corrected chi connectivity index (χ1v) is 9.82. The molecule has 2 aromatic heterocycles. The van der Waals surface area contributed by atoms with Crippen LogP contribution >= 0.6 is 34.5 Å². The highest BCUT2D eigenvalue weighted by atomic mass is 35.5. The summed E-state index contributed by atoms with van der Waals surface area (Å²) in [5, 5.41) is 6.37. The van der Waals surface area contributed by atoms with Gasteiger partial charge < -0.3 is 4.74 Å². The first kappa shape index (κ1) is 17.5. The number of nitrogens with zero attached hydrogens (tertiary/aromatic N) is 3. The molecule has 0 saturated heterocycles. The van der Waals surface area contributed by atoms with Crippen molar-refractivity contribution in [3.8, 4) is 5.75 Å². The number of aryl methyl sites for hydroxylation is 2. The number of fused-ring (bicyclic) bond motifs is 3. The number of aromatic nitrogens is 2. The molecule has 4 rings (SSSR count). The Morgan fingerprint density at radius 2 is 2.08 bits per heavy atom. The minimum Gasteiger partial charge on any atom is -0.495 e. The van der Waals surface area contributed by atoms with Gasteiger partial charge in [-0.25, -0.2) is 9.97 Å². The van der Waals surface area contributed by atoms with Crippen LogP contribution in [0.3, 0.4) is 0 Å². The summed E-state index contributed by atoms with van der Waals surface area (Å²) in [5.41, 5.74) is 5.10. The Balaban J connectivity index is 1.67. The van der Waals surface area contributed by atoms with Crippen LogP contribution in [0.4, 0.5) is 5.82 Å². The maximum absolute atomic E-state index is 6.16. The minimum absolute atomic E-state index is 0.442. The second-order valence-corrected chi connectivity index (χ2v) is 7.92. The summed E-state index contributed by atoms with van der Waals surface area (Å²) < 4.78 is 5.33. The van der Waals surface area contributed by atoms with Gasteiger partial charge in [-0.05, 0) is 43.4 Å². The summed E-state index contributed by atoms with van der Waals surface area (Å²) in [6, 6.07) is 3.39. The second-order valence-electron chi connectivity index (χ2n) is 5.99. The Morgan fingerprint density at radius 3 is 2.92 bits per heavy atom. The highest BCUT2D eigenvalue weighted by molar-refractivity contribution is 7.19. The number of nitrogens with one attached hydrogen (secondary N) is 1. The molecular formula is C18H16Cl2N4OS. The first-order chi connectivity index (χ1) is 12.7. The molecule has 0 aliphatic heterocycles. The smallest absolute Gasteiger partial charge is 0.158 e. The number of rotatable bonds is 4. The Kier molecular flexibility index (Phi) is 4.98. The number of hydrogen-bond donors (Lipinski definition) is 1. The van der Waals surface area contributed by atoms with E-state index in [1.165, 1.54) is 23.3 Å². The van der Waals surface area contributed by atoms with E-state index in [2.05, 4.69) is 20.5 Å². The minimum atomic E-state index is 0.442. The third-order valence-electron chi connectivity index (χ3n) is 4.37. The van der Waals surface area contributed by atoms with E-state index in [1.807, 2.05) is 0 Å². The molecule has 0 unspecified atom stereocenters. The average molecular weight is 407 g/mol. The fourth-order valence-electron chi connectivity index (χ4n) is 3.23. The monoisotopic (exact) mass is 406 g/mol. The molecule has 0 bridgehead atoms. The van der Waals surface area contributed by atoms with Crippen molar-refractivity contribution in [2.75, 3.05) is 12.5 Å². The molecular weight excluding hydrogens is 391 g/mol. The van der Waals surface area contributed by atoms with Crippen LogP contribution in [-0.4, -0.2) is 23.3 Å². The van der Waals surface area contributed by atoms with E-state index in [9.17, 15) is 0 Å². The molecule has 0 saturated carbocycles. The van der Waals surface area contributed by atoms with Gasteiger partial charge in [0.2, 0.25) is 0 Å². The number of benzene rings is 1. The lowest BCUT2D eigenvalue weighted by molar-refractivity contribution is 0.414. The summed E-state index contributed by atoms with van der Waals surface area (Å²) in [6.07, 6.45) is 7.83. The van der Waals surface area contributed by atoms with Crippen molar-refractivity contribution in [3.63, 3.8) is 0 Å². The van der Waals surface area contributed by atoms with E-state index < -0.39 is 0 Å².